The summed E-state index contributed by atoms with van der Waals surface area (Å²) in [4.78, 5) is 0. The Kier molecular flexibility index (Phi) is 11.4. The molecule has 3 heteroatoms. The smallest absolute Gasteiger partial charge is 0.131 e. The predicted molar refractivity (Wildman–Crippen MR) is 143 cm³/mol. The molecule has 0 amide bonds. The zero-order valence-electron chi connectivity index (χ0n) is 20.9. The molecule has 0 saturated heterocycles. The van der Waals surface area contributed by atoms with Gasteiger partial charge in [0.1, 0.15) is 11.5 Å². The Labute approximate surface area is 206 Å². The molecule has 33 heavy (non-hydrogen) atoms. The largest absolute Gasteiger partial charge is 0.493 e. The average Bonchev–Trinajstić information content (AvgIpc) is 2.83. The monoisotopic (exact) mass is 470 g/mol. The summed E-state index contributed by atoms with van der Waals surface area (Å²) in [7, 11) is 0. The molecular weight excluding hydrogens is 428 g/mol. The van der Waals surface area contributed by atoms with Crippen LogP contribution in [0.15, 0.2) is 35.4 Å². The van der Waals surface area contributed by atoms with Gasteiger partial charge in [0.2, 0.25) is 0 Å². The van der Waals surface area contributed by atoms with Crippen LogP contribution < -0.4 is 9.47 Å². The number of benzene rings is 2. The van der Waals surface area contributed by atoms with Crippen LogP contribution >= 0.6 is 11.6 Å². The van der Waals surface area contributed by atoms with Gasteiger partial charge in [-0.25, -0.2) is 0 Å². The van der Waals surface area contributed by atoms with E-state index in [0.29, 0.717) is 0 Å². The molecule has 0 unspecified atom stereocenters. The van der Waals surface area contributed by atoms with Crippen LogP contribution in [0.25, 0.3) is 10.8 Å². The van der Waals surface area contributed by atoms with E-state index in [1.165, 1.54) is 80.7 Å². The molecule has 3 rings (SSSR count). The zero-order valence-corrected chi connectivity index (χ0v) is 21.7. The van der Waals surface area contributed by atoms with E-state index in [1.807, 2.05) is 0 Å². The quantitative estimate of drug-likeness (QED) is 0.227. The third-order valence-electron chi connectivity index (χ3n) is 6.69. The minimum Gasteiger partial charge on any atom is -0.493 e. The minimum atomic E-state index is 0.737. The SMILES string of the molecule is CCCCCCCCOc1c2c(c(OCCCCCCCC)c3ccccc13)CC(Cl)=CC2. The van der Waals surface area contributed by atoms with Crippen LogP contribution in [0.4, 0.5) is 0 Å². The highest BCUT2D eigenvalue weighted by molar-refractivity contribution is 6.30. The highest BCUT2D eigenvalue weighted by Gasteiger charge is 2.24. The van der Waals surface area contributed by atoms with Crippen LogP contribution in [-0.4, -0.2) is 13.2 Å². The first-order chi connectivity index (χ1) is 16.3. The van der Waals surface area contributed by atoms with E-state index >= 15 is 0 Å². The number of ether oxygens (including phenoxy) is 2. The molecule has 2 aromatic rings. The third kappa shape index (κ3) is 7.67. The minimum absolute atomic E-state index is 0.737. The average molecular weight is 471 g/mol. The summed E-state index contributed by atoms with van der Waals surface area (Å²) in [6.07, 6.45) is 18.9. The first kappa shape index (κ1) is 25.9. The molecule has 2 nitrogen and oxygen atoms in total. The van der Waals surface area contributed by atoms with Crippen LogP contribution in [0.5, 0.6) is 11.5 Å². The van der Waals surface area contributed by atoms with Crippen molar-refractivity contribution in [2.24, 2.45) is 0 Å². The van der Waals surface area contributed by atoms with Crippen molar-refractivity contribution in [3.8, 4) is 11.5 Å². The summed E-state index contributed by atoms with van der Waals surface area (Å²) in [5.74, 6) is 2.06. The maximum Gasteiger partial charge on any atom is 0.131 e. The van der Waals surface area contributed by atoms with Crippen LogP contribution in [0.2, 0.25) is 0 Å². The summed E-state index contributed by atoms with van der Waals surface area (Å²) in [5, 5.41) is 3.24. The van der Waals surface area contributed by atoms with Crippen LogP contribution in [-0.2, 0) is 12.8 Å². The fourth-order valence-electron chi connectivity index (χ4n) is 4.78. The Hall–Kier alpha value is -1.67. The molecular formula is C30H43ClO2. The number of rotatable bonds is 16. The van der Waals surface area contributed by atoms with Crippen LogP contribution in [0, 0.1) is 0 Å². The van der Waals surface area contributed by atoms with Crippen molar-refractivity contribution in [3.63, 3.8) is 0 Å². The van der Waals surface area contributed by atoms with E-state index in [0.717, 1.165) is 60.8 Å². The normalized spacial score (nSPS) is 13.1. The molecule has 0 aromatic heterocycles. The molecule has 0 saturated carbocycles. The van der Waals surface area contributed by atoms with Gasteiger partial charge in [-0.15, -0.1) is 0 Å². The van der Waals surface area contributed by atoms with Crippen molar-refractivity contribution in [2.45, 2.75) is 104 Å². The maximum absolute atomic E-state index is 6.50. The van der Waals surface area contributed by atoms with Crippen LogP contribution in [0.1, 0.15) is 102 Å². The number of fused-ring (bicyclic) bond motifs is 2. The van der Waals surface area contributed by atoms with Gasteiger partial charge in [0, 0.05) is 33.4 Å². The fourth-order valence-corrected chi connectivity index (χ4v) is 4.99. The van der Waals surface area contributed by atoms with Gasteiger partial charge in [-0.05, 0) is 19.3 Å². The number of allylic oxidation sites excluding steroid dienone is 2. The number of hydrogen-bond acceptors (Lipinski definition) is 2. The maximum atomic E-state index is 6.50. The molecule has 0 fully saturated rings. The number of halogens is 1. The Balaban J connectivity index is 1.73. The van der Waals surface area contributed by atoms with Gasteiger partial charge in [0.25, 0.3) is 0 Å². The van der Waals surface area contributed by atoms with E-state index in [2.05, 4.69) is 44.2 Å². The molecule has 0 bridgehead atoms. The van der Waals surface area contributed by atoms with Gasteiger partial charge in [-0.1, -0.05) is 120 Å². The van der Waals surface area contributed by atoms with Gasteiger partial charge >= 0.3 is 0 Å². The number of unbranched alkanes of at least 4 members (excludes halogenated alkanes) is 10. The van der Waals surface area contributed by atoms with E-state index in [1.54, 1.807) is 0 Å². The predicted octanol–water partition coefficient (Wildman–Crippen LogP) is 9.54. The lowest BCUT2D eigenvalue weighted by Crippen LogP contribution is -2.10. The Morgan fingerprint density at radius 1 is 0.667 bits per heavy atom. The Morgan fingerprint density at radius 3 is 1.70 bits per heavy atom. The molecule has 0 N–H and O–H groups in total. The van der Waals surface area contributed by atoms with Gasteiger partial charge in [-0.2, -0.15) is 0 Å². The molecule has 0 aliphatic heterocycles. The number of hydrogen-bond donors (Lipinski definition) is 0. The lowest BCUT2D eigenvalue weighted by Gasteiger charge is -2.24. The zero-order chi connectivity index (χ0) is 23.3. The van der Waals surface area contributed by atoms with Gasteiger partial charge in [0.15, 0.2) is 0 Å². The standard InChI is InChI=1S/C30H43ClO2/c1-3-5-7-9-11-15-21-32-29-25-17-13-14-18-26(25)30(28-23-24(31)19-20-27(28)29)33-22-16-12-10-8-6-4-2/h13-14,17-19H,3-12,15-16,20-23H2,1-2H3. The first-order valence-corrected chi connectivity index (χ1v) is 13.8. The summed E-state index contributed by atoms with van der Waals surface area (Å²) >= 11 is 6.50. The highest BCUT2D eigenvalue weighted by Crippen LogP contribution is 2.44. The second kappa shape index (κ2) is 14.6. The lowest BCUT2D eigenvalue weighted by atomic mass is 9.90. The van der Waals surface area contributed by atoms with Crippen LogP contribution in [0.3, 0.4) is 0 Å². The molecule has 1 aliphatic carbocycles. The first-order valence-electron chi connectivity index (χ1n) is 13.4. The Bertz CT molecular complexity index is 886. The molecule has 2 aromatic carbocycles. The molecule has 0 radical (unpaired) electrons. The van der Waals surface area contributed by atoms with Gasteiger partial charge in [0.05, 0.1) is 13.2 Å². The summed E-state index contributed by atoms with van der Waals surface area (Å²) in [6.45, 7) is 6.07. The van der Waals surface area contributed by atoms with E-state index in [9.17, 15) is 0 Å². The van der Waals surface area contributed by atoms with E-state index < -0.39 is 0 Å². The highest BCUT2D eigenvalue weighted by atomic mass is 35.5. The molecule has 0 spiro atoms. The van der Waals surface area contributed by atoms with E-state index in [-0.39, 0.29) is 0 Å². The van der Waals surface area contributed by atoms with Gasteiger partial charge < -0.3 is 9.47 Å². The fraction of sp³-hybridized carbons (Fsp3) is 0.600. The van der Waals surface area contributed by atoms with Gasteiger partial charge in [-0.3, -0.25) is 0 Å². The van der Waals surface area contributed by atoms with Crippen molar-refractivity contribution in [3.05, 3.63) is 46.5 Å². The second-order valence-corrected chi connectivity index (χ2v) is 9.91. The molecule has 0 heterocycles. The molecule has 0 atom stereocenters. The Morgan fingerprint density at radius 2 is 1.15 bits per heavy atom. The lowest BCUT2D eigenvalue weighted by molar-refractivity contribution is 0.297. The summed E-state index contributed by atoms with van der Waals surface area (Å²) < 4.78 is 12.9. The topological polar surface area (TPSA) is 18.5 Å². The molecule has 182 valence electrons. The summed E-state index contributed by atoms with van der Waals surface area (Å²) in [5.41, 5.74) is 2.49. The second-order valence-electron chi connectivity index (χ2n) is 9.43. The van der Waals surface area contributed by atoms with Crippen molar-refractivity contribution in [1.29, 1.82) is 0 Å². The van der Waals surface area contributed by atoms with Crippen molar-refractivity contribution < 1.29 is 9.47 Å². The third-order valence-corrected chi connectivity index (χ3v) is 6.98. The van der Waals surface area contributed by atoms with E-state index in [4.69, 9.17) is 21.1 Å². The molecule has 1 aliphatic rings. The summed E-state index contributed by atoms with van der Waals surface area (Å²) in [6, 6.07) is 8.57. The van der Waals surface area contributed by atoms with Crippen molar-refractivity contribution >= 4 is 22.4 Å². The van der Waals surface area contributed by atoms with Crippen molar-refractivity contribution in [2.75, 3.05) is 13.2 Å². The van der Waals surface area contributed by atoms with Crippen molar-refractivity contribution in [1.82, 2.24) is 0 Å².